The molecule has 56 valence electrons. The van der Waals surface area contributed by atoms with Crippen LogP contribution in [0.25, 0.3) is 0 Å². The van der Waals surface area contributed by atoms with Crippen LogP contribution in [-0.4, -0.2) is 23.6 Å². The summed E-state index contributed by atoms with van der Waals surface area (Å²) in [5.41, 5.74) is 0. The zero-order valence-corrected chi connectivity index (χ0v) is 6.08. The van der Waals surface area contributed by atoms with Gasteiger partial charge in [-0.15, -0.1) is 0 Å². The van der Waals surface area contributed by atoms with Crippen molar-refractivity contribution in [2.75, 3.05) is 6.61 Å². The Labute approximate surface area is 59.8 Å². The number of ketones is 1. The standard InChI is InChI=1S/C5H7O4P/c1-2-4(6)5(7)3-9-10-8/h2,5,7H,1,3H2. The molecule has 0 aromatic heterocycles. The summed E-state index contributed by atoms with van der Waals surface area (Å²) in [6.45, 7) is 2.88. The van der Waals surface area contributed by atoms with Gasteiger partial charge in [0.15, 0.2) is 5.78 Å². The molecule has 0 heterocycles. The molecule has 1 unspecified atom stereocenters. The number of hydrogen-bond donors (Lipinski definition) is 1. The fourth-order valence-electron chi connectivity index (χ4n) is 0.319. The molecule has 4 nitrogen and oxygen atoms in total. The van der Waals surface area contributed by atoms with Crippen molar-refractivity contribution in [2.45, 2.75) is 6.10 Å². The van der Waals surface area contributed by atoms with Crippen LogP contribution in [0.2, 0.25) is 0 Å². The van der Waals surface area contributed by atoms with E-state index in [0.29, 0.717) is 0 Å². The molecule has 0 saturated carbocycles. The fourth-order valence-corrected chi connectivity index (χ4v) is 0.521. The average Bonchev–Trinajstić information content (AvgIpc) is 1.98. The third-order valence-electron chi connectivity index (χ3n) is 0.815. The summed E-state index contributed by atoms with van der Waals surface area (Å²) in [7, 11) is -0.545. The second kappa shape index (κ2) is 5.23. The first-order valence-corrected chi connectivity index (χ1v) is 3.24. The van der Waals surface area contributed by atoms with E-state index in [0.717, 1.165) is 6.08 Å². The maximum Gasteiger partial charge on any atom is 0.327 e. The highest BCUT2D eigenvalue weighted by Crippen LogP contribution is 1.97. The molecule has 0 rings (SSSR count). The van der Waals surface area contributed by atoms with Gasteiger partial charge in [-0.3, -0.25) is 9.32 Å². The van der Waals surface area contributed by atoms with E-state index in [4.69, 9.17) is 5.11 Å². The van der Waals surface area contributed by atoms with E-state index in [2.05, 4.69) is 11.1 Å². The van der Waals surface area contributed by atoms with Crippen LogP contribution in [0.4, 0.5) is 0 Å². The second-order valence-electron chi connectivity index (χ2n) is 1.49. The molecular formula is C5H7O4P. The minimum absolute atomic E-state index is 0.268. The van der Waals surface area contributed by atoms with E-state index >= 15 is 0 Å². The van der Waals surface area contributed by atoms with Gasteiger partial charge in [-0.05, 0) is 6.08 Å². The Morgan fingerprint density at radius 3 is 2.90 bits per heavy atom. The summed E-state index contributed by atoms with van der Waals surface area (Å²) < 4.78 is 13.9. The Bertz CT molecular complexity index is 145. The molecule has 0 aromatic carbocycles. The monoisotopic (exact) mass is 162 g/mol. The molecule has 0 aliphatic heterocycles. The molecule has 0 aromatic rings. The van der Waals surface area contributed by atoms with Gasteiger partial charge >= 0.3 is 8.69 Å². The Morgan fingerprint density at radius 1 is 1.90 bits per heavy atom. The highest BCUT2D eigenvalue weighted by molar-refractivity contribution is 7.17. The van der Waals surface area contributed by atoms with E-state index in [-0.39, 0.29) is 6.61 Å². The van der Waals surface area contributed by atoms with Gasteiger partial charge in [-0.2, -0.15) is 0 Å². The molecule has 0 amide bonds. The predicted octanol–water partition coefficient (Wildman–Crippen LogP) is 0.326. The van der Waals surface area contributed by atoms with Gasteiger partial charge in [-0.1, -0.05) is 6.58 Å². The van der Waals surface area contributed by atoms with Crippen LogP contribution in [0, 0.1) is 0 Å². The Balaban J connectivity index is 3.60. The van der Waals surface area contributed by atoms with E-state index < -0.39 is 20.6 Å². The lowest BCUT2D eigenvalue weighted by Gasteiger charge is -2.01. The minimum Gasteiger partial charge on any atom is -0.382 e. The molecular weight excluding hydrogens is 155 g/mol. The summed E-state index contributed by atoms with van der Waals surface area (Å²) in [5.74, 6) is -0.538. The first-order valence-electron chi connectivity index (χ1n) is 2.51. The maximum absolute atomic E-state index is 10.5. The zero-order chi connectivity index (χ0) is 7.98. The van der Waals surface area contributed by atoms with Crippen molar-refractivity contribution in [3.63, 3.8) is 0 Å². The number of hydrogen-bond acceptors (Lipinski definition) is 4. The molecule has 0 spiro atoms. The summed E-state index contributed by atoms with van der Waals surface area (Å²) in [6, 6.07) is 0. The minimum atomic E-state index is -1.25. The summed E-state index contributed by atoms with van der Waals surface area (Å²) >= 11 is 0. The number of rotatable bonds is 5. The average molecular weight is 162 g/mol. The van der Waals surface area contributed by atoms with Gasteiger partial charge in [-0.25, -0.2) is 4.57 Å². The van der Waals surface area contributed by atoms with Crippen LogP contribution < -0.4 is 0 Å². The number of carbonyl (C=O) groups excluding carboxylic acids is 1. The third kappa shape index (κ3) is 3.45. The van der Waals surface area contributed by atoms with Gasteiger partial charge in [0.05, 0.1) is 6.61 Å². The molecule has 0 fully saturated rings. The molecule has 0 bridgehead atoms. The van der Waals surface area contributed by atoms with Crippen molar-refractivity contribution in [1.82, 2.24) is 0 Å². The van der Waals surface area contributed by atoms with Crippen LogP contribution in [-0.2, 0) is 13.9 Å². The maximum atomic E-state index is 10.5. The molecule has 0 radical (unpaired) electrons. The van der Waals surface area contributed by atoms with Crippen molar-refractivity contribution < 1.29 is 19.0 Å². The van der Waals surface area contributed by atoms with Crippen LogP contribution in [0.15, 0.2) is 12.7 Å². The highest BCUT2D eigenvalue weighted by Gasteiger charge is 2.10. The number of aliphatic hydroxyl groups excluding tert-OH is 1. The van der Waals surface area contributed by atoms with Gasteiger partial charge in [0.1, 0.15) is 6.10 Å². The highest BCUT2D eigenvalue weighted by atomic mass is 31.1. The van der Waals surface area contributed by atoms with Gasteiger partial charge in [0, 0.05) is 0 Å². The summed E-state index contributed by atoms with van der Waals surface area (Å²) in [5, 5.41) is 8.76. The largest absolute Gasteiger partial charge is 0.382 e. The number of carbonyl (C=O) groups is 1. The first kappa shape index (κ1) is 9.43. The lowest BCUT2D eigenvalue weighted by Crippen LogP contribution is -2.22. The molecule has 1 N–H and O–H groups in total. The Kier molecular flexibility index (Phi) is 4.94. The molecule has 5 heteroatoms. The van der Waals surface area contributed by atoms with Gasteiger partial charge < -0.3 is 5.11 Å². The van der Waals surface area contributed by atoms with Crippen LogP contribution in [0.3, 0.4) is 0 Å². The van der Waals surface area contributed by atoms with Crippen LogP contribution in [0.5, 0.6) is 0 Å². The van der Waals surface area contributed by atoms with E-state index in [1.807, 2.05) is 0 Å². The zero-order valence-electron chi connectivity index (χ0n) is 5.19. The first-order chi connectivity index (χ1) is 4.72. The van der Waals surface area contributed by atoms with Crippen molar-refractivity contribution in [3.8, 4) is 0 Å². The Hall–Kier alpha value is -0.570. The normalized spacial score (nSPS) is 12.9. The van der Waals surface area contributed by atoms with Gasteiger partial charge in [0.25, 0.3) is 0 Å². The van der Waals surface area contributed by atoms with Crippen molar-refractivity contribution in [1.29, 1.82) is 0 Å². The van der Waals surface area contributed by atoms with Crippen LogP contribution >= 0.6 is 8.69 Å². The topological polar surface area (TPSA) is 63.6 Å². The van der Waals surface area contributed by atoms with Crippen LogP contribution in [0.1, 0.15) is 0 Å². The van der Waals surface area contributed by atoms with E-state index in [1.54, 1.807) is 0 Å². The lowest BCUT2D eigenvalue weighted by atomic mass is 10.2. The third-order valence-corrected chi connectivity index (χ3v) is 1.07. The Morgan fingerprint density at radius 2 is 2.50 bits per heavy atom. The second-order valence-corrected chi connectivity index (χ2v) is 1.90. The van der Waals surface area contributed by atoms with Gasteiger partial charge in [0.2, 0.25) is 0 Å². The lowest BCUT2D eigenvalue weighted by molar-refractivity contribution is -0.123. The summed E-state index contributed by atoms with van der Waals surface area (Å²) in [4.78, 5) is 10.5. The fraction of sp³-hybridized carbons (Fsp3) is 0.400. The molecule has 10 heavy (non-hydrogen) atoms. The smallest absolute Gasteiger partial charge is 0.327 e. The molecule has 1 atom stereocenters. The molecule has 0 saturated heterocycles. The van der Waals surface area contributed by atoms with Crippen molar-refractivity contribution >= 4 is 14.5 Å². The number of aliphatic hydroxyl groups is 1. The quantitative estimate of drug-likeness (QED) is 0.467. The molecule has 0 aliphatic rings. The molecule has 0 aliphatic carbocycles. The van der Waals surface area contributed by atoms with Crippen molar-refractivity contribution in [2.24, 2.45) is 0 Å². The summed E-state index contributed by atoms with van der Waals surface area (Å²) in [6.07, 6.45) is -0.269. The van der Waals surface area contributed by atoms with E-state index in [1.165, 1.54) is 0 Å². The SMILES string of the molecule is C=CC(=O)C(O)COP=O. The predicted molar refractivity (Wildman–Crippen MR) is 34.8 cm³/mol. The van der Waals surface area contributed by atoms with E-state index in [9.17, 15) is 9.36 Å². The van der Waals surface area contributed by atoms with Crippen molar-refractivity contribution in [3.05, 3.63) is 12.7 Å².